The normalized spacial score (nSPS) is 11.8. The molecule has 0 saturated carbocycles. The Morgan fingerprint density at radius 1 is 1.17 bits per heavy atom. The lowest BCUT2D eigenvalue weighted by Crippen LogP contribution is -2.30. The molecule has 0 aliphatic carbocycles. The smallest absolute Gasteiger partial charge is 0.412 e. The number of thiol groups is 1. The second-order valence-corrected chi connectivity index (χ2v) is 7.62. The number of nitriles is 1. The van der Waals surface area contributed by atoms with Gasteiger partial charge < -0.3 is 14.6 Å². The molecule has 0 aromatic heterocycles. The van der Waals surface area contributed by atoms with Crippen molar-refractivity contribution in [3.63, 3.8) is 0 Å². The van der Waals surface area contributed by atoms with Crippen LogP contribution in [0.2, 0.25) is 0 Å². The van der Waals surface area contributed by atoms with E-state index in [2.05, 4.69) is 17.9 Å². The lowest BCUT2D eigenvalue weighted by molar-refractivity contribution is -0.141. The van der Waals surface area contributed by atoms with E-state index >= 15 is 0 Å². The molecule has 158 valence electrons. The molecule has 2 N–H and O–H groups in total. The average molecular weight is 429 g/mol. The van der Waals surface area contributed by atoms with Gasteiger partial charge in [0.05, 0.1) is 24.0 Å². The first-order valence-electron chi connectivity index (χ1n) is 9.28. The molecular formula is C22H24N2O5S. The van der Waals surface area contributed by atoms with Gasteiger partial charge in [0, 0.05) is 11.1 Å². The fourth-order valence-electron chi connectivity index (χ4n) is 2.81. The highest BCUT2D eigenvalue weighted by Gasteiger charge is 2.34. The van der Waals surface area contributed by atoms with Gasteiger partial charge in [-0.2, -0.15) is 17.9 Å². The molecule has 0 saturated heterocycles. The van der Waals surface area contributed by atoms with E-state index in [1.807, 2.05) is 19.9 Å². The number of nitrogens with one attached hydrogen (secondary N) is 1. The number of ether oxygens (including phenoxy) is 2. The van der Waals surface area contributed by atoms with Crippen LogP contribution < -0.4 is 5.32 Å². The molecule has 0 aliphatic rings. The topological polar surface area (TPSA) is 109 Å². The van der Waals surface area contributed by atoms with Gasteiger partial charge >= 0.3 is 12.1 Å². The summed E-state index contributed by atoms with van der Waals surface area (Å²) in [7, 11) is 0. The number of benzene rings is 2. The minimum atomic E-state index is -0.675. The number of hydrogen-bond acceptors (Lipinski definition) is 7. The fourth-order valence-corrected chi connectivity index (χ4v) is 2.91. The predicted octanol–water partition coefficient (Wildman–Crippen LogP) is 4.44. The monoisotopic (exact) mass is 428 g/mol. The van der Waals surface area contributed by atoms with Crippen LogP contribution in [0.15, 0.2) is 48.5 Å². The molecule has 0 bridgehead atoms. The molecule has 0 spiro atoms. The second kappa shape index (κ2) is 10.6. The maximum absolute atomic E-state index is 12.5. The molecule has 2 rings (SSSR count). The minimum Gasteiger partial charge on any atom is -0.508 e. The quantitative estimate of drug-likeness (QED) is 0.424. The number of phenolic OH excluding ortho intramolecular Hbond substituents is 1. The van der Waals surface area contributed by atoms with Crippen LogP contribution in [0.25, 0.3) is 0 Å². The fraction of sp³-hybridized carbons (Fsp3) is 0.318. The number of anilines is 1. The molecule has 1 atom stereocenters. The summed E-state index contributed by atoms with van der Waals surface area (Å²) in [5.41, 5.74) is 1.07. The zero-order valence-corrected chi connectivity index (χ0v) is 17.7. The maximum atomic E-state index is 12.5. The first kappa shape index (κ1) is 23.1. The van der Waals surface area contributed by atoms with Gasteiger partial charge in [-0.1, -0.05) is 26.0 Å². The number of esters is 1. The van der Waals surface area contributed by atoms with Gasteiger partial charge in [-0.3, -0.25) is 10.1 Å². The van der Waals surface area contributed by atoms with Crippen molar-refractivity contribution in [1.82, 2.24) is 0 Å². The summed E-state index contributed by atoms with van der Waals surface area (Å²) in [4.78, 5) is 23.9. The van der Waals surface area contributed by atoms with E-state index in [-0.39, 0.29) is 18.1 Å². The molecule has 0 fully saturated rings. The van der Waals surface area contributed by atoms with Crippen LogP contribution in [0.1, 0.15) is 37.5 Å². The van der Waals surface area contributed by atoms with Gasteiger partial charge in [-0.15, -0.1) is 0 Å². The lowest BCUT2D eigenvalue weighted by Gasteiger charge is -2.34. The zero-order valence-electron chi connectivity index (χ0n) is 16.8. The van der Waals surface area contributed by atoms with Crippen LogP contribution >= 0.6 is 12.6 Å². The van der Waals surface area contributed by atoms with Crippen molar-refractivity contribution < 1.29 is 24.2 Å². The second-order valence-electron chi connectivity index (χ2n) is 7.31. The summed E-state index contributed by atoms with van der Waals surface area (Å²) in [6, 6.07) is 14.8. The van der Waals surface area contributed by atoms with Crippen molar-refractivity contribution in [1.29, 1.82) is 5.26 Å². The third-order valence-electron chi connectivity index (χ3n) is 4.53. The van der Waals surface area contributed by atoms with Gasteiger partial charge in [0.25, 0.3) is 0 Å². The molecule has 30 heavy (non-hydrogen) atoms. The standard InChI is InChI=1S/C22H24N2O5S/c1-22(2,11-12-28-19(26)14-30)20(16-5-9-18(25)10-6-16)29-21(27)24-17-7-3-15(13-23)4-8-17/h3-10,20,25,30H,11-12,14H2,1-2H3,(H,24,27)/t20-/m1/s1. The Hall–Kier alpha value is -3.18. The van der Waals surface area contributed by atoms with Gasteiger partial charge in [0.1, 0.15) is 11.9 Å². The van der Waals surface area contributed by atoms with Gasteiger partial charge in [-0.05, 0) is 48.4 Å². The first-order chi connectivity index (χ1) is 14.2. The average Bonchev–Trinajstić information content (AvgIpc) is 2.73. The number of rotatable bonds is 8. The summed E-state index contributed by atoms with van der Waals surface area (Å²) in [5.74, 6) is -0.333. The van der Waals surface area contributed by atoms with Crippen molar-refractivity contribution in [3.8, 4) is 11.8 Å². The van der Waals surface area contributed by atoms with Crippen LogP contribution in [0, 0.1) is 16.7 Å². The molecule has 0 heterocycles. The number of nitrogens with zero attached hydrogens (tertiary/aromatic N) is 1. The number of phenols is 1. The Labute approximate surface area is 181 Å². The number of carbonyl (C=O) groups excluding carboxylic acids is 2. The highest BCUT2D eigenvalue weighted by atomic mass is 32.1. The number of aromatic hydroxyl groups is 1. The molecule has 2 aromatic rings. The number of hydrogen-bond donors (Lipinski definition) is 3. The molecular weight excluding hydrogens is 404 g/mol. The summed E-state index contributed by atoms with van der Waals surface area (Å²) in [6.45, 7) is 3.95. The summed E-state index contributed by atoms with van der Waals surface area (Å²) >= 11 is 3.88. The Kier molecular flexibility index (Phi) is 8.13. The van der Waals surface area contributed by atoms with E-state index in [9.17, 15) is 14.7 Å². The number of carbonyl (C=O) groups is 2. The highest BCUT2D eigenvalue weighted by molar-refractivity contribution is 7.81. The minimum absolute atomic E-state index is 0.00861. The third kappa shape index (κ3) is 6.71. The molecule has 0 radical (unpaired) electrons. The Morgan fingerprint density at radius 3 is 2.37 bits per heavy atom. The molecule has 0 unspecified atom stereocenters. The first-order valence-corrected chi connectivity index (χ1v) is 9.91. The van der Waals surface area contributed by atoms with Crippen LogP contribution in [0.4, 0.5) is 10.5 Å². The van der Waals surface area contributed by atoms with Gasteiger partial charge in [0.15, 0.2) is 0 Å². The van der Waals surface area contributed by atoms with E-state index in [4.69, 9.17) is 14.7 Å². The van der Waals surface area contributed by atoms with E-state index in [1.165, 1.54) is 12.1 Å². The van der Waals surface area contributed by atoms with Crippen LogP contribution in [0.3, 0.4) is 0 Å². The third-order valence-corrected chi connectivity index (χ3v) is 4.79. The van der Waals surface area contributed by atoms with Crippen molar-refractivity contribution in [3.05, 3.63) is 59.7 Å². The molecule has 0 aliphatic heterocycles. The summed E-state index contributed by atoms with van der Waals surface area (Å²) in [5, 5.41) is 21.1. The van der Waals surface area contributed by atoms with Crippen molar-refractivity contribution in [2.75, 3.05) is 17.7 Å². The summed E-state index contributed by atoms with van der Waals surface area (Å²) < 4.78 is 10.9. The van der Waals surface area contributed by atoms with E-state index in [0.717, 1.165) is 0 Å². The molecule has 8 heteroatoms. The summed E-state index contributed by atoms with van der Waals surface area (Å²) in [6.07, 6.45) is -0.910. The zero-order chi connectivity index (χ0) is 22.1. The van der Waals surface area contributed by atoms with E-state index in [0.29, 0.717) is 23.2 Å². The van der Waals surface area contributed by atoms with E-state index < -0.39 is 23.6 Å². The Morgan fingerprint density at radius 2 is 1.80 bits per heavy atom. The van der Waals surface area contributed by atoms with Gasteiger partial charge in [0.2, 0.25) is 0 Å². The molecule has 7 nitrogen and oxygen atoms in total. The van der Waals surface area contributed by atoms with Crippen LogP contribution in [-0.2, 0) is 14.3 Å². The highest BCUT2D eigenvalue weighted by Crippen LogP contribution is 2.40. The number of amides is 1. The Balaban J connectivity index is 2.15. The predicted molar refractivity (Wildman–Crippen MR) is 115 cm³/mol. The van der Waals surface area contributed by atoms with Gasteiger partial charge in [-0.25, -0.2) is 4.79 Å². The SMILES string of the molecule is CC(C)(CCOC(=O)CS)[C@H](OC(=O)Nc1ccc(C#N)cc1)c1ccc(O)cc1. The van der Waals surface area contributed by atoms with E-state index in [1.54, 1.807) is 36.4 Å². The van der Waals surface area contributed by atoms with Crippen LogP contribution in [0.5, 0.6) is 5.75 Å². The van der Waals surface area contributed by atoms with Crippen molar-refractivity contribution in [2.24, 2.45) is 5.41 Å². The van der Waals surface area contributed by atoms with Crippen molar-refractivity contribution in [2.45, 2.75) is 26.4 Å². The maximum Gasteiger partial charge on any atom is 0.412 e. The molecule has 1 amide bonds. The van der Waals surface area contributed by atoms with Crippen LogP contribution in [-0.4, -0.2) is 29.5 Å². The largest absolute Gasteiger partial charge is 0.508 e. The Bertz CT molecular complexity index is 905. The molecule has 2 aromatic carbocycles. The lowest BCUT2D eigenvalue weighted by atomic mass is 9.80. The van der Waals surface area contributed by atoms with Crippen molar-refractivity contribution >= 4 is 30.4 Å².